The summed E-state index contributed by atoms with van der Waals surface area (Å²) in [5, 5.41) is 12.0. The summed E-state index contributed by atoms with van der Waals surface area (Å²) in [4.78, 5) is 16.0. The Morgan fingerprint density at radius 3 is 2.60 bits per heavy atom. The summed E-state index contributed by atoms with van der Waals surface area (Å²) in [6.45, 7) is 0.634. The van der Waals surface area contributed by atoms with Crippen LogP contribution in [-0.2, 0) is 11.2 Å². The Labute approximate surface area is 150 Å². The van der Waals surface area contributed by atoms with Crippen molar-refractivity contribution in [2.75, 3.05) is 12.3 Å². The van der Waals surface area contributed by atoms with Gasteiger partial charge < -0.3 is 5.32 Å². The van der Waals surface area contributed by atoms with Crippen molar-refractivity contribution in [2.45, 2.75) is 11.4 Å². The number of rotatable bonds is 7. The van der Waals surface area contributed by atoms with Crippen LogP contribution in [0.15, 0.2) is 72.0 Å². The average Bonchev–Trinajstić information content (AvgIpc) is 2.68. The van der Waals surface area contributed by atoms with E-state index in [9.17, 15) is 4.79 Å². The minimum atomic E-state index is -0.000864. The van der Waals surface area contributed by atoms with Gasteiger partial charge in [0.2, 0.25) is 5.91 Å². The van der Waals surface area contributed by atoms with Crippen LogP contribution in [0.5, 0.6) is 0 Å². The second-order valence-electron chi connectivity index (χ2n) is 5.37. The van der Waals surface area contributed by atoms with Crippen LogP contribution in [0.25, 0.3) is 11.3 Å². The molecule has 5 nitrogen and oxygen atoms in total. The largest absolute Gasteiger partial charge is 0.355 e. The van der Waals surface area contributed by atoms with E-state index in [1.54, 1.807) is 12.4 Å². The molecule has 0 saturated carbocycles. The Bertz CT molecular complexity index is 795. The van der Waals surface area contributed by atoms with Gasteiger partial charge in [-0.15, -0.1) is 10.2 Å². The van der Waals surface area contributed by atoms with E-state index < -0.39 is 0 Å². The molecule has 1 N–H and O–H groups in total. The van der Waals surface area contributed by atoms with E-state index in [1.807, 2.05) is 42.5 Å². The summed E-state index contributed by atoms with van der Waals surface area (Å²) in [6, 6.07) is 17.7. The first-order valence-electron chi connectivity index (χ1n) is 7.99. The summed E-state index contributed by atoms with van der Waals surface area (Å²) in [7, 11) is 0. The molecule has 0 atom stereocenters. The molecule has 6 heteroatoms. The van der Waals surface area contributed by atoms with E-state index in [2.05, 4.69) is 32.6 Å². The number of benzene rings is 1. The van der Waals surface area contributed by atoms with Crippen molar-refractivity contribution in [3.05, 3.63) is 72.6 Å². The van der Waals surface area contributed by atoms with Gasteiger partial charge in [-0.1, -0.05) is 42.1 Å². The second kappa shape index (κ2) is 8.94. The predicted octanol–water partition coefficient (Wildman–Crippen LogP) is 2.99. The maximum absolute atomic E-state index is 11.9. The zero-order valence-corrected chi connectivity index (χ0v) is 14.4. The minimum Gasteiger partial charge on any atom is -0.355 e. The molecule has 0 saturated heterocycles. The van der Waals surface area contributed by atoms with E-state index in [0.717, 1.165) is 22.7 Å². The maximum Gasteiger partial charge on any atom is 0.230 e. The first kappa shape index (κ1) is 17.1. The van der Waals surface area contributed by atoms with Crippen LogP contribution < -0.4 is 5.32 Å². The highest BCUT2D eigenvalue weighted by Crippen LogP contribution is 2.18. The second-order valence-corrected chi connectivity index (χ2v) is 6.37. The molecule has 1 aromatic carbocycles. The summed E-state index contributed by atoms with van der Waals surface area (Å²) in [5.74, 6) is 0.328. The number of carbonyl (C=O) groups is 1. The van der Waals surface area contributed by atoms with Crippen LogP contribution in [0.2, 0.25) is 0 Å². The third-order valence-electron chi connectivity index (χ3n) is 3.53. The number of thioether (sulfide) groups is 1. The first-order chi connectivity index (χ1) is 12.3. The molecular formula is C19H18N4OS. The van der Waals surface area contributed by atoms with Gasteiger partial charge in [-0.25, -0.2) is 0 Å². The highest BCUT2D eigenvalue weighted by atomic mass is 32.2. The fourth-order valence-corrected chi connectivity index (χ4v) is 2.89. The van der Waals surface area contributed by atoms with E-state index >= 15 is 0 Å². The topological polar surface area (TPSA) is 67.8 Å². The zero-order valence-electron chi connectivity index (χ0n) is 13.6. The lowest BCUT2D eigenvalue weighted by molar-refractivity contribution is -0.118. The Morgan fingerprint density at radius 2 is 1.88 bits per heavy atom. The fourth-order valence-electron chi connectivity index (χ4n) is 2.25. The quantitative estimate of drug-likeness (QED) is 0.664. The van der Waals surface area contributed by atoms with Crippen LogP contribution in [0.1, 0.15) is 5.56 Å². The van der Waals surface area contributed by atoms with Gasteiger partial charge in [-0.05, 0) is 36.2 Å². The van der Waals surface area contributed by atoms with Crippen molar-refractivity contribution in [1.82, 2.24) is 20.5 Å². The van der Waals surface area contributed by atoms with Gasteiger partial charge in [-0.2, -0.15) is 0 Å². The molecule has 0 unspecified atom stereocenters. The van der Waals surface area contributed by atoms with E-state index in [4.69, 9.17) is 0 Å². The molecule has 3 rings (SSSR count). The molecule has 0 aliphatic heterocycles. The normalized spacial score (nSPS) is 10.4. The summed E-state index contributed by atoms with van der Waals surface area (Å²) in [6.07, 6.45) is 4.30. The Balaban J connectivity index is 1.43. The Kier molecular flexibility index (Phi) is 6.11. The molecule has 2 heterocycles. The van der Waals surface area contributed by atoms with Crippen molar-refractivity contribution < 1.29 is 4.79 Å². The van der Waals surface area contributed by atoms with Gasteiger partial charge in [0.25, 0.3) is 0 Å². The number of amides is 1. The summed E-state index contributed by atoms with van der Waals surface area (Å²) in [5.41, 5.74) is 2.90. The van der Waals surface area contributed by atoms with Crippen LogP contribution >= 0.6 is 11.8 Å². The van der Waals surface area contributed by atoms with Gasteiger partial charge in [0.15, 0.2) is 0 Å². The van der Waals surface area contributed by atoms with Crippen LogP contribution in [0.4, 0.5) is 0 Å². The van der Waals surface area contributed by atoms with E-state index in [-0.39, 0.29) is 5.91 Å². The van der Waals surface area contributed by atoms with Crippen molar-refractivity contribution in [3.63, 3.8) is 0 Å². The van der Waals surface area contributed by atoms with Gasteiger partial charge in [0.1, 0.15) is 5.03 Å². The lowest BCUT2D eigenvalue weighted by atomic mass is 10.1. The number of carbonyl (C=O) groups excluding carboxylic acids is 1. The molecule has 126 valence electrons. The van der Waals surface area contributed by atoms with E-state index in [1.165, 1.54) is 17.3 Å². The lowest BCUT2D eigenvalue weighted by Gasteiger charge is -2.05. The number of pyridine rings is 1. The Hall–Kier alpha value is -2.73. The smallest absolute Gasteiger partial charge is 0.230 e. The molecule has 0 aliphatic carbocycles. The van der Waals surface area contributed by atoms with Crippen LogP contribution in [0, 0.1) is 0 Å². The first-order valence-corrected chi connectivity index (χ1v) is 8.97. The molecule has 0 radical (unpaired) electrons. The zero-order chi connectivity index (χ0) is 17.3. The molecular weight excluding hydrogens is 332 g/mol. The van der Waals surface area contributed by atoms with Gasteiger partial charge in [-0.3, -0.25) is 9.78 Å². The molecule has 2 aromatic heterocycles. The highest BCUT2D eigenvalue weighted by Gasteiger charge is 2.05. The van der Waals surface area contributed by atoms with Crippen molar-refractivity contribution in [1.29, 1.82) is 0 Å². The summed E-state index contributed by atoms with van der Waals surface area (Å²) < 4.78 is 0. The lowest BCUT2D eigenvalue weighted by Crippen LogP contribution is -2.27. The standard InChI is InChI=1S/C19H18N4OS/c24-18(21-12-10-15-5-2-1-3-6-15)14-25-19-9-8-17(22-23-19)16-7-4-11-20-13-16/h1-9,11,13H,10,12,14H2,(H,21,24). The molecule has 0 spiro atoms. The SMILES string of the molecule is O=C(CSc1ccc(-c2cccnc2)nn1)NCCc1ccccc1. The monoisotopic (exact) mass is 350 g/mol. The van der Waals surface area contributed by atoms with Crippen LogP contribution in [0.3, 0.4) is 0 Å². The average molecular weight is 350 g/mol. The van der Waals surface area contributed by atoms with E-state index in [0.29, 0.717) is 12.3 Å². The molecule has 25 heavy (non-hydrogen) atoms. The predicted molar refractivity (Wildman–Crippen MR) is 99.1 cm³/mol. The third-order valence-corrected chi connectivity index (χ3v) is 4.45. The van der Waals surface area contributed by atoms with Gasteiger partial charge >= 0.3 is 0 Å². The minimum absolute atomic E-state index is 0.000864. The fraction of sp³-hybridized carbons (Fsp3) is 0.158. The molecule has 3 aromatic rings. The number of hydrogen-bond acceptors (Lipinski definition) is 5. The number of nitrogens with one attached hydrogen (secondary N) is 1. The van der Waals surface area contributed by atoms with Gasteiger partial charge in [0, 0.05) is 24.5 Å². The number of nitrogens with zero attached hydrogens (tertiary/aromatic N) is 3. The number of aromatic nitrogens is 3. The number of hydrogen-bond donors (Lipinski definition) is 1. The third kappa shape index (κ3) is 5.39. The van der Waals surface area contributed by atoms with Crippen molar-refractivity contribution in [2.24, 2.45) is 0 Å². The van der Waals surface area contributed by atoms with Gasteiger partial charge in [0.05, 0.1) is 11.4 Å². The maximum atomic E-state index is 11.9. The molecule has 0 fully saturated rings. The Morgan fingerprint density at radius 1 is 1.00 bits per heavy atom. The van der Waals surface area contributed by atoms with Crippen molar-refractivity contribution in [3.8, 4) is 11.3 Å². The molecule has 0 bridgehead atoms. The van der Waals surface area contributed by atoms with Crippen LogP contribution in [-0.4, -0.2) is 33.4 Å². The highest BCUT2D eigenvalue weighted by molar-refractivity contribution is 7.99. The van der Waals surface area contributed by atoms with Crippen molar-refractivity contribution >= 4 is 17.7 Å². The molecule has 1 amide bonds. The summed E-state index contributed by atoms with van der Waals surface area (Å²) >= 11 is 1.38. The molecule has 0 aliphatic rings.